The summed E-state index contributed by atoms with van der Waals surface area (Å²) in [6.45, 7) is 3.41. The van der Waals surface area contributed by atoms with Crippen LogP contribution in [0.5, 0.6) is 0 Å². The van der Waals surface area contributed by atoms with Gasteiger partial charge in [0.05, 0.1) is 18.1 Å². The van der Waals surface area contributed by atoms with Crippen LogP contribution in [0.1, 0.15) is 18.9 Å². The Morgan fingerprint density at radius 1 is 1.30 bits per heavy atom. The van der Waals surface area contributed by atoms with Crippen molar-refractivity contribution in [3.63, 3.8) is 0 Å². The first-order chi connectivity index (χ1) is 9.31. The Kier molecular flexibility index (Phi) is 5.67. The zero-order valence-electron chi connectivity index (χ0n) is 11.6. The lowest BCUT2D eigenvalue weighted by atomic mass is 10.1. The number of hydrogen-bond donors (Lipinski definition) is 1. The first-order valence-corrected chi connectivity index (χ1v) is 7.48. The van der Waals surface area contributed by atoms with Gasteiger partial charge in [-0.1, -0.05) is 24.6 Å². The van der Waals surface area contributed by atoms with Gasteiger partial charge < -0.3 is 9.84 Å². The third kappa shape index (κ3) is 4.03. The van der Waals surface area contributed by atoms with Gasteiger partial charge >= 0.3 is 5.97 Å². The van der Waals surface area contributed by atoms with Crippen molar-refractivity contribution in [2.45, 2.75) is 37.4 Å². The van der Waals surface area contributed by atoms with Gasteiger partial charge in [0.1, 0.15) is 0 Å². The van der Waals surface area contributed by atoms with Crippen LogP contribution >= 0.6 is 0 Å². The molecule has 20 heavy (non-hydrogen) atoms. The minimum Gasteiger partial charge on any atom is -0.467 e. The van der Waals surface area contributed by atoms with Crippen LogP contribution in [0.2, 0.25) is 0 Å². The summed E-state index contributed by atoms with van der Waals surface area (Å²) in [5, 5.41) is 9.68. The summed E-state index contributed by atoms with van der Waals surface area (Å²) in [4.78, 5) is 11.4. The van der Waals surface area contributed by atoms with Gasteiger partial charge in [0.25, 0.3) is 10.1 Å². The van der Waals surface area contributed by atoms with Crippen molar-refractivity contribution >= 4 is 16.1 Å². The van der Waals surface area contributed by atoms with Crippen molar-refractivity contribution in [3.05, 3.63) is 29.8 Å². The Balaban J connectivity index is 3.02. The number of carbonyl (C=O) groups is 1. The molecule has 112 valence electrons. The number of aryl methyl sites for hydroxylation is 1. The minimum atomic E-state index is -4.15. The number of benzene rings is 1. The second-order valence-corrected chi connectivity index (χ2v) is 5.85. The molecule has 0 aliphatic heterocycles. The van der Waals surface area contributed by atoms with Crippen LogP contribution in [0.3, 0.4) is 0 Å². The molecule has 0 heterocycles. The summed E-state index contributed by atoms with van der Waals surface area (Å²) in [7, 11) is -3.05. The summed E-state index contributed by atoms with van der Waals surface area (Å²) in [5.41, 5.74) is 0.891. The van der Waals surface area contributed by atoms with E-state index in [1.165, 1.54) is 12.1 Å². The molecule has 2 atom stereocenters. The van der Waals surface area contributed by atoms with Gasteiger partial charge in [0.2, 0.25) is 0 Å². The molecule has 1 aromatic carbocycles. The highest BCUT2D eigenvalue weighted by Crippen LogP contribution is 2.18. The summed E-state index contributed by atoms with van der Waals surface area (Å²) in [6, 6.07) is 5.97. The maximum absolute atomic E-state index is 12.1. The Bertz CT molecular complexity index is 549. The normalized spacial score (nSPS) is 14.6. The second-order valence-electron chi connectivity index (χ2n) is 4.28. The predicted octanol–water partition coefficient (Wildman–Crippen LogP) is 1.01. The van der Waals surface area contributed by atoms with Crippen molar-refractivity contribution in [2.75, 3.05) is 7.11 Å². The van der Waals surface area contributed by atoms with Crippen LogP contribution in [0.15, 0.2) is 29.2 Å². The molecule has 0 amide bonds. The molecule has 0 saturated carbocycles. The maximum Gasteiger partial charge on any atom is 0.339 e. The van der Waals surface area contributed by atoms with E-state index in [0.29, 0.717) is 0 Å². The smallest absolute Gasteiger partial charge is 0.339 e. The average Bonchev–Trinajstić information content (AvgIpc) is 2.43. The summed E-state index contributed by atoms with van der Waals surface area (Å²) >= 11 is 0. The molecule has 0 saturated heterocycles. The van der Waals surface area contributed by atoms with E-state index in [4.69, 9.17) is 4.18 Å². The largest absolute Gasteiger partial charge is 0.467 e. The number of ether oxygens (including phenoxy) is 1. The van der Waals surface area contributed by atoms with Crippen LogP contribution < -0.4 is 0 Å². The van der Waals surface area contributed by atoms with Crippen LogP contribution in [0.25, 0.3) is 0 Å². The lowest BCUT2D eigenvalue weighted by molar-refractivity contribution is -0.154. The molecule has 0 radical (unpaired) electrons. The molecule has 1 N–H and O–H groups in total. The van der Waals surface area contributed by atoms with Crippen molar-refractivity contribution in [3.8, 4) is 0 Å². The zero-order valence-corrected chi connectivity index (χ0v) is 12.4. The molecule has 0 aromatic heterocycles. The third-order valence-corrected chi connectivity index (χ3v) is 4.05. The highest BCUT2D eigenvalue weighted by atomic mass is 32.2. The Labute approximate surface area is 118 Å². The number of hydrogen-bond acceptors (Lipinski definition) is 6. The highest BCUT2D eigenvalue weighted by Gasteiger charge is 2.33. The number of esters is 1. The van der Waals surface area contributed by atoms with Gasteiger partial charge in [0, 0.05) is 0 Å². The van der Waals surface area contributed by atoms with Gasteiger partial charge in [-0.3, -0.25) is 0 Å². The monoisotopic (exact) mass is 302 g/mol. The van der Waals surface area contributed by atoms with Crippen LogP contribution in [0.4, 0.5) is 0 Å². The van der Waals surface area contributed by atoms with Crippen molar-refractivity contribution < 1.29 is 27.2 Å². The van der Waals surface area contributed by atoms with Crippen molar-refractivity contribution in [1.29, 1.82) is 0 Å². The first kappa shape index (κ1) is 16.6. The standard InChI is InChI=1S/C13H18O6S/c1-4-11(14)12(13(15)18-3)19-20(16,17)10-7-5-9(2)6-8-10/h5-8,11-12,14H,4H2,1-3H3. The molecule has 1 rings (SSSR count). The second kappa shape index (κ2) is 6.83. The molecule has 0 fully saturated rings. The SMILES string of the molecule is CCC(O)C(OS(=O)(=O)c1ccc(C)cc1)C(=O)OC. The van der Waals surface area contributed by atoms with Gasteiger partial charge in [-0.25, -0.2) is 8.98 Å². The topological polar surface area (TPSA) is 89.9 Å². The zero-order chi connectivity index (χ0) is 15.3. The molecule has 0 aliphatic carbocycles. The van der Waals surface area contributed by atoms with E-state index in [2.05, 4.69) is 4.74 Å². The Morgan fingerprint density at radius 2 is 1.85 bits per heavy atom. The summed E-state index contributed by atoms with van der Waals surface area (Å²) in [6.07, 6.45) is -2.68. The van der Waals surface area contributed by atoms with Crippen LogP contribution in [0, 0.1) is 6.92 Å². The van der Waals surface area contributed by atoms with Gasteiger partial charge in [-0.05, 0) is 25.5 Å². The first-order valence-electron chi connectivity index (χ1n) is 6.07. The van der Waals surface area contributed by atoms with Crippen LogP contribution in [-0.4, -0.2) is 38.8 Å². The van der Waals surface area contributed by atoms with E-state index in [1.54, 1.807) is 19.1 Å². The molecule has 7 heteroatoms. The Morgan fingerprint density at radius 3 is 2.30 bits per heavy atom. The summed E-state index contributed by atoms with van der Waals surface area (Å²) < 4.78 is 33.4. The quantitative estimate of drug-likeness (QED) is 0.623. The van der Waals surface area contributed by atoms with Gasteiger partial charge in [0.15, 0.2) is 6.10 Å². The van der Waals surface area contributed by atoms with E-state index in [1.807, 2.05) is 6.92 Å². The van der Waals surface area contributed by atoms with Crippen LogP contribution in [-0.2, 0) is 23.8 Å². The van der Waals surface area contributed by atoms with Gasteiger partial charge in [-0.15, -0.1) is 0 Å². The number of rotatable bonds is 6. The van der Waals surface area contributed by atoms with Crippen molar-refractivity contribution in [1.82, 2.24) is 0 Å². The number of aliphatic hydroxyl groups excluding tert-OH is 1. The molecule has 0 spiro atoms. The maximum atomic E-state index is 12.1. The lowest BCUT2D eigenvalue weighted by Gasteiger charge is -2.19. The molecule has 2 unspecified atom stereocenters. The lowest BCUT2D eigenvalue weighted by Crippen LogP contribution is -2.38. The summed E-state index contributed by atoms with van der Waals surface area (Å²) in [5.74, 6) is -0.935. The number of methoxy groups -OCH3 is 1. The van der Waals surface area contributed by atoms with E-state index in [-0.39, 0.29) is 11.3 Å². The average molecular weight is 302 g/mol. The Hall–Kier alpha value is -1.44. The van der Waals surface area contributed by atoms with Gasteiger partial charge in [-0.2, -0.15) is 8.42 Å². The number of carbonyl (C=O) groups excluding carboxylic acids is 1. The number of aliphatic hydroxyl groups is 1. The fraction of sp³-hybridized carbons (Fsp3) is 0.462. The minimum absolute atomic E-state index is 0.0830. The van der Waals surface area contributed by atoms with Crippen molar-refractivity contribution in [2.24, 2.45) is 0 Å². The molecular formula is C13H18O6S. The molecule has 6 nitrogen and oxygen atoms in total. The fourth-order valence-corrected chi connectivity index (χ4v) is 2.55. The molecular weight excluding hydrogens is 284 g/mol. The van der Waals surface area contributed by atoms with E-state index in [9.17, 15) is 18.3 Å². The highest BCUT2D eigenvalue weighted by molar-refractivity contribution is 7.86. The third-order valence-electron chi connectivity index (χ3n) is 2.74. The molecule has 0 aliphatic rings. The van der Waals surface area contributed by atoms with E-state index < -0.39 is 28.3 Å². The van der Waals surface area contributed by atoms with E-state index >= 15 is 0 Å². The molecule has 1 aromatic rings. The van der Waals surface area contributed by atoms with E-state index in [0.717, 1.165) is 12.7 Å². The predicted molar refractivity (Wildman–Crippen MR) is 71.6 cm³/mol. The fourth-order valence-electron chi connectivity index (χ4n) is 1.49. The molecule has 0 bridgehead atoms.